The third-order valence-electron chi connectivity index (χ3n) is 5.01. The molecule has 1 aromatic heterocycles. The summed E-state index contributed by atoms with van der Waals surface area (Å²) in [5.41, 5.74) is 0.916. The van der Waals surface area contributed by atoms with Gasteiger partial charge >= 0.3 is 0 Å². The van der Waals surface area contributed by atoms with E-state index in [0.29, 0.717) is 17.3 Å². The van der Waals surface area contributed by atoms with Crippen molar-refractivity contribution < 1.29 is 9.53 Å². The number of carbonyl (C=O) groups excluding carboxylic acids is 1. The van der Waals surface area contributed by atoms with Crippen molar-refractivity contribution >= 4 is 71.9 Å². The molecule has 1 aliphatic rings. The van der Waals surface area contributed by atoms with E-state index in [2.05, 4.69) is 26.9 Å². The maximum absolute atomic E-state index is 13.2. The van der Waals surface area contributed by atoms with Crippen molar-refractivity contribution in [1.82, 2.24) is 9.88 Å². The number of nitrogens with zero attached hydrogens (tertiary/aromatic N) is 3. The van der Waals surface area contributed by atoms with Crippen LogP contribution in [0.4, 0.5) is 5.13 Å². The van der Waals surface area contributed by atoms with Crippen LogP contribution in [0.2, 0.25) is 5.02 Å². The highest BCUT2D eigenvalue weighted by Gasteiger charge is 2.21. The van der Waals surface area contributed by atoms with Crippen molar-refractivity contribution in [3.8, 4) is 0 Å². The van der Waals surface area contributed by atoms with Crippen LogP contribution in [0.3, 0.4) is 0 Å². The lowest BCUT2D eigenvalue weighted by Crippen LogP contribution is -2.39. The van der Waals surface area contributed by atoms with Crippen LogP contribution in [0.15, 0.2) is 51.8 Å². The van der Waals surface area contributed by atoms with Gasteiger partial charge < -0.3 is 4.74 Å². The van der Waals surface area contributed by atoms with Crippen LogP contribution in [-0.2, 0) is 9.53 Å². The van der Waals surface area contributed by atoms with Gasteiger partial charge in [-0.3, -0.25) is 14.6 Å². The molecule has 1 fully saturated rings. The van der Waals surface area contributed by atoms with E-state index in [4.69, 9.17) is 21.3 Å². The molecule has 0 N–H and O–H groups in total. The van der Waals surface area contributed by atoms with Crippen LogP contribution in [0.5, 0.6) is 0 Å². The minimum absolute atomic E-state index is 0.0695. The Bertz CT molecular complexity index is 1030. The van der Waals surface area contributed by atoms with Crippen molar-refractivity contribution in [1.29, 1.82) is 0 Å². The minimum Gasteiger partial charge on any atom is -0.379 e. The number of hydrogen-bond acceptors (Lipinski definition) is 6. The number of rotatable bonds is 8. The lowest BCUT2D eigenvalue weighted by Gasteiger charge is -2.27. The average molecular weight is 541 g/mol. The highest BCUT2D eigenvalue weighted by molar-refractivity contribution is 9.10. The second-order valence-corrected chi connectivity index (χ2v) is 10.6. The zero-order valence-corrected chi connectivity index (χ0v) is 20.9. The molecule has 4 rings (SSSR count). The summed E-state index contributed by atoms with van der Waals surface area (Å²) in [4.78, 5) is 23.2. The van der Waals surface area contributed by atoms with Gasteiger partial charge in [0.05, 0.1) is 29.2 Å². The van der Waals surface area contributed by atoms with E-state index in [9.17, 15) is 4.79 Å². The van der Waals surface area contributed by atoms with Crippen LogP contribution in [0.1, 0.15) is 6.42 Å². The predicted octanol–water partition coefficient (Wildman–Crippen LogP) is 5.56. The maximum Gasteiger partial charge on any atom is 0.239 e. The molecule has 5 nitrogen and oxygen atoms in total. The van der Waals surface area contributed by atoms with Gasteiger partial charge in [-0.25, -0.2) is 4.98 Å². The summed E-state index contributed by atoms with van der Waals surface area (Å²) >= 11 is 12.6. The Morgan fingerprint density at radius 2 is 2.00 bits per heavy atom. The summed E-state index contributed by atoms with van der Waals surface area (Å²) in [6, 6.07) is 13.6. The Morgan fingerprint density at radius 1 is 1.23 bits per heavy atom. The summed E-state index contributed by atoms with van der Waals surface area (Å²) in [6.45, 7) is 5.08. The van der Waals surface area contributed by atoms with Gasteiger partial charge in [-0.2, -0.15) is 0 Å². The molecule has 2 heterocycles. The molecule has 164 valence electrons. The molecule has 1 amide bonds. The third-order valence-corrected chi connectivity index (χ3v) is 7.79. The maximum atomic E-state index is 13.2. The molecular weight excluding hydrogens is 518 g/mol. The number of morpholine rings is 1. The summed E-state index contributed by atoms with van der Waals surface area (Å²) < 4.78 is 7.51. The largest absolute Gasteiger partial charge is 0.379 e. The van der Waals surface area contributed by atoms with Gasteiger partial charge in [-0.15, -0.1) is 11.8 Å². The van der Waals surface area contributed by atoms with E-state index in [1.807, 2.05) is 41.3 Å². The van der Waals surface area contributed by atoms with E-state index in [1.54, 1.807) is 11.3 Å². The number of anilines is 1. The van der Waals surface area contributed by atoms with Crippen molar-refractivity contribution in [2.75, 3.05) is 50.0 Å². The van der Waals surface area contributed by atoms with E-state index in [0.717, 1.165) is 64.0 Å². The topological polar surface area (TPSA) is 45.7 Å². The molecule has 3 aromatic rings. The third kappa shape index (κ3) is 6.43. The van der Waals surface area contributed by atoms with Crippen LogP contribution in [-0.4, -0.2) is 60.9 Å². The Hall–Kier alpha value is -1.16. The fourth-order valence-electron chi connectivity index (χ4n) is 3.36. The Balaban J connectivity index is 1.46. The van der Waals surface area contributed by atoms with Crippen molar-refractivity contribution in [2.45, 2.75) is 11.3 Å². The van der Waals surface area contributed by atoms with Crippen molar-refractivity contribution in [2.24, 2.45) is 0 Å². The number of carbonyl (C=O) groups is 1. The van der Waals surface area contributed by atoms with Crippen LogP contribution < -0.4 is 4.90 Å². The highest BCUT2D eigenvalue weighted by Crippen LogP contribution is 2.32. The second kappa shape index (κ2) is 11.1. The molecule has 0 bridgehead atoms. The highest BCUT2D eigenvalue weighted by atomic mass is 79.9. The number of benzene rings is 2. The molecule has 0 unspecified atom stereocenters. The van der Waals surface area contributed by atoms with Crippen LogP contribution in [0.25, 0.3) is 10.2 Å². The fraction of sp³-hybridized carbons (Fsp3) is 0.364. The minimum atomic E-state index is 0.0695. The smallest absolute Gasteiger partial charge is 0.239 e. The zero-order valence-electron chi connectivity index (χ0n) is 16.9. The summed E-state index contributed by atoms with van der Waals surface area (Å²) in [7, 11) is 0. The monoisotopic (exact) mass is 539 g/mol. The second-order valence-electron chi connectivity index (χ2n) is 7.20. The van der Waals surface area contributed by atoms with Gasteiger partial charge in [-0.1, -0.05) is 38.9 Å². The predicted molar refractivity (Wildman–Crippen MR) is 134 cm³/mol. The number of thiazole rings is 1. The number of halogens is 2. The molecule has 1 saturated heterocycles. The van der Waals surface area contributed by atoms with Gasteiger partial charge in [-0.05, 0) is 48.9 Å². The van der Waals surface area contributed by atoms with Crippen molar-refractivity contribution in [3.63, 3.8) is 0 Å². The van der Waals surface area contributed by atoms with Crippen LogP contribution >= 0.6 is 50.6 Å². The summed E-state index contributed by atoms with van der Waals surface area (Å²) in [5.74, 6) is 0.429. The molecule has 0 aliphatic carbocycles. The van der Waals surface area contributed by atoms with E-state index in [-0.39, 0.29) is 5.91 Å². The van der Waals surface area contributed by atoms with Gasteiger partial charge in [0.1, 0.15) is 0 Å². The van der Waals surface area contributed by atoms with Gasteiger partial charge in [0, 0.05) is 40.6 Å². The van der Waals surface area contributed by atoms with Gasteiger partial charge in [0.2, 0.25) is 5.91 Å². The lowest BCUT2D eigenvalue weighted by molar-refractivity contribution is -0.116. The molecule has 2 aromatic carbocycles. The van der Waals surface area contributed by atoms with Crippen LogP contribution in [0, 0.1) is 0 Å². The Labute approximate surface area is 203 Å². The number of aromatic nitrogens is 1. The lowest BCUT2D eigenvalue weighted by atomic mass is 10.3. The number of hydrogen-bond donors (Lipinski definition) is 0. The zero-order chi connectivity index (χ0) is 21.6. The first kappa shape index (κ1) is 23.0. The normalized spacial score (nSPS) is 14.8. The number of ether oxygens (including phenoxy) is 1. The molecular formula is C22H23BrClN3O2S2. The van der Waals surface area contributed by atoms with Crippen molar-refractivity contribution in [3.05, 3.63) is 52.0 Å². The number of fused-ring (bicyclic) bond motifs is 1. The van der Waals surface area contributed by atoms with Gasteiger partial charge in [0.15, 0.2) is 5.13 Å². The first-order valence-corrected chi connectivity index (χ1v) is 13.1. The molecule has 0 atom stereocenters. The summed E-state index contributed by atoms with van der Waals surface area (Å²) in [6.07, 6.45) is 0.900. The number of amides is 1. The first-order valence-electron chi connectivity index (χ1n) is 10.1. The summed E-state index contributed by atoms with van der Waals surface area (Å²) in [5, 5.41) is 1.46. The first-order chi connectivity index (χ1) is 15.1. The van der Waals surface area contributed by atoms with E-state index < -0.39 is 0 Å². The standard InChI is InChI=1S/C22H23BrClN3O2S2/c23-16-2-7-19-20(14-16)31-22(25-19)27(9-1-8-26-10-12-29-13-11-26)21(28)15-30-18-5-3-17(24)4-6-18/h2-7,14H,1,8-13,15H2. The quantitative estimate of drug-likeness (QED) is 0.350. The molecule has 0 spiro atoms. The molecule has 31 heavy (non-hydrogen) atoms. The molecule has 0 saturated carbocycles. The van der Waals surface area contributed by atoms with Gasteiger partial charge in [0.25, 0.3) is 0 Å². The van der Waals surface area contributed by atoms with E-state index >= 15 is 0 Å². The molecule has 1 aliphatic heterocycles. The average Bonchev–Trinajstić information content (AvgIpc) is 3.19. The van der Waals surface area contributed by atoms with E-state index in [1.165, 1.54) is 11.8 Å². The SMILES string of the molecule is O=C(CSc1ccc(Cl)cc1)N(CCCN1CCOCC1)c1nc2ccc(Br)cc2s1. The fourth-order valence-corrected chi connectivity index (χ4v) is 5.82. The Kier molecular flexibility index (Phi) is 8.25. The molecule has 0 radical (unpaired) electrons. The Morgan fingerprint density at radius 3 is 2.77 bits per heavy atom. The number of thioether (sulfide) groups is 1. The molecule has 9 heteroatoms.